The molecule has 2 rings (SSSR count). The first-order valence-electron chi connectivity index (χ1n) is 6.69. The highest BCUT2D eigenvalue weighted by Gasteiger charge is 2.39. The van der Waals surface area contributed by atoms with Crippen LogP contribution in [0.1, 0.15) is 32.5 Å². The quantitative estimate of drug-likeness (QED) is 0.904. The molecule has 1 aliphatic rings. The number of anilines is 1. The first-order chi connectivity index (χ1) is 8.91. The molecule has 19 heavy (non-hydrogen) atoms. The molecule has 1 atom stereocenters. The summed E-state index contributed by atoms with van der Waals surface area (Å²) in [4.78, 5) is 22.1. The smallest absolute Gasteiger partial charge is 0.309 e. The van der Waals surface area contributed by atoms with E-state index in [1.165, 1.54) is 0 Å². The summed E-state index contributed by atoms with van der Waals surface area (Å²) in [5.41, 5.74) is -0.694. The van der Waals surface area contributed by atoms with Crippen molar-refractivity contribution < 1.29 is 9.90 Å². The minimum Gasteiger partial charge on any atom is -0.481 e. The van der Waals surface area contributed by atoms with Crippen molar-refractivity contribution in [3.05, 3.63) is 18.1 Å². The second-order valence-electron chi connectivity index (χ2n) is 5.77. The van der Waals surface area contributed by atoms with Crippen molar-refractivity contribution in [1.29, 1.82) is 0 Å². The van der Waals surface area contributed by atoms with Crippen LogP contribution in [0.4, 0.5) is 5.82 Å². The van der Waals surface area contributed by atoms with Crippen molar-refractivity contribution >= 4 is 11.8 Å². The molecule has 1 unspecified atom stereocenters. The van der Waals surface area contributed by atoms with E-state index in [4.69, 9.17) is 0 Å². The topological polar surface area (TPSA) is 66.3 Å². The fourth-order valence-electron chi connectivity index (χ4n) is 2.57. The third kappa shape index (κ3) is 2.85. The lowest BCUT2D eigenvalue weighted by atomic mass is 9.74. The highest BCUT2D eigenvalue weighted by molar-refractivity contribution is 5.74. The van der Waals surface area contributed by atoms with Crippen molar-refractivity contribution in [2.75, 3.05) is 18.0 Å². The largest absolute Gasteiger partial charge is 0.481 e. The van der Waals surface area contributed by atoms with E-state index in [1.807, 2.05) is 26.8 Å². The third-order valence-electron chi connectivity index (χ3n) is 4.08. The summed E-state index contributed by atoms with van der Waals surface area (Å²) in [6.45, 7) is 7.17. The van der Waals surface area contributed by atoms with Gasteiger partial charge in [0.05, 0.1) is 5.41 Å². The monoisotopic (exact) mass is 263 g/mol. The molecule has 1 aliphatic heterocycles. The molecule has 1 aromatic heterocycles. The van der Waals surface area contributed by atoms with Gasteiger partial charge in [0.15, 0.2) is 0 Å². The standard InChI is InChI=1S/C14H21N3O2/c1-10-15-7-6-12(16-10)17-8-4-5-11(9-17)14(2,3)13(18)19/h6-7,11H,4-5,8-9H2,1-3H3,(H,18,19). The van der Waals surface area contributed by atoms with Gasteiger partial charge in [-0.3, -0.25) is 4.79 Å². The SMILES string of the molecule is Cc1nccc(N2CCCC(C(C)(C)C(=O)O)C2)n1. The van der Waals surface area contributed by atoms with Crippen LogP contribution in [0, 0.1) is 18.3 Å². The van der Waals surface area contributed by atoms with Gasteiger partial charge in [-0.05, 0) is 45.6 Å². The highest BCUT2D eigenvalue weighted by Crippen LogP contribution is 2.35. The molecule has 5 nitrogen and oxygen atoms in total. The summed E-state index contributed by atoms with van der Waals surface area (Å²) >= 11 is 0. The zero-order chi connectivity index (χ0) is 14.0. The maximum absolute atomic E-state index is 11.4. The van der Waals surface area contributed by atoms with Crippen LogP contribution in [0.5, 0.6) is 0 Å². The summed E-state index contributed by atoms with van der Waals surface area (Å²) in [5.74, 6) is 1.07. The third-order valence-corrected chi connectivity index (χ3v) is 4.08. The number of carbonyl (C=O) groups is 1. The number of aliphatic carboxylic acids is 1. The Morgan fingerprint density at radius 1 is 1.53 bits per heavy atom. The number of hydrogen-bond acceptors (Lipinski definition) is 4. The molecule has 1 N–H and O–H groups in total. The Hall–Kier alpha value is -1.65. The molecule has 0 amide bonds. The van der Waals surface area contributed by atoms with Gasteiger partial charge in [0.1, 0.15) is 11.6 Å². The number of piperidine rings is 1. The minimum atomic E-state index is -0.724. The van der Waals surface area contributed by atoms with Crippen molar-refractivity contribution in [2.24, 2.45) is 11.3 Å². The van der Waals surface area contributed by atoms with Crippen molar-refractivity contribution in [2.45, 2.75) is 33.6 Å². The molecule has 0 spiro atoms. The molecular formula is C14H21N3O2. The Bertz CT molecular complexity index is 474. The molecule has 0 aromatic carbocycles. The molecule has 0 bridgehead atoms. The fraction of sp³-hybridized carbons (Fsp3) is 0.643. The molecule has 1 saturated heterocycles. The van der Waals surface area contributed by atoms with Gasteiger partial charge >= 0.3 is 5.97 Å². The van der Waals surface area contributed by atoms with Gasteiger partial charge in [-0.1, -0.05) is 0 Å². The Labute approximate surface area is 113 Å². The first kappa shape index (κ1) is 13.8. The number of carboxylic acids is 1. The maximum Gasteiger partial charge on any atom is 0.309 e. The predicted octanol–water partition coefficient (Wildman–Crippen LogP) is 2.11. The van der Waals surface area contributed by atoms with Crippen LogP contribution >= 0.6 is 0 Å². The summed E-state index contributed by atoms with van der Waals surface area (Å²) in [6, 6.07) is 1.89. The maximum atomic E-state index is 11.4. The van der Waals surface area contributed by atoms with Gasteiger partial charge < -0.3 is 10.0 Å². The first-order valence-corrected chi connectivity index (χ1v) is 6.69. The lowest BCUT2D eigenvalue weighted by Crippen LogP contribution is -2.45. The second kappa shape index (κ2) is 5.15. The van der Waals surface area contributed by atoms with E-state index >= 15 is 0 Å². The van der Waals surface area contributed by atoms with Gasteiger partial charge in [-0.15, -0.1) is 0 Å². The van der Waals surface area contributed by atoms with E-state index in [9.17, 15) is 9.90 Å². The van der Waals surface area contributed by atoms with E-state index in [2.05, 4.69) is 14.9 Å². The Kier molecular flexibility index (Phi) is 3.73. The van der Waals surface area contributed by atoms with Gasteiger partial charge in [-0.25, -0.2) is 9.97 Å². The zero-order valence-electron chi connectivity index (χ0n) is 11.8. The Morgan fingerprint density at radius 2 is 2.26 bits per heavy atom. The van der Waals surface area contributed by atoms with E-state index in [0.29, 0.717) is 0 Å². The normalized spacial score (nSPS) is 20.4. The predicted molar refractivity (Wildman–Crippen MR) is 73.1 cm³/mol. The number of hydrogen-bond donors (Lipinski definition) is 1. The summed E-state index contributed by atoms with van der Waals surface area (Å²) < 4.78 is 0. The van der Waals surface area contributed by atoms with Crippen LogP contribution in [0.15, 0.2) is 12.3 Å². The summed E-state index contributed by atoms with van der Waals surface area (Å²) in [5, 5.41) is 9.35. The van der Waals surface area contributed by atoms with E-state index < -0.39 is 11.4 Å². The molecule has 104 valence electrons. The molecule has 1 aromatic rings. The van der Waals surface area contributed by atoms with Crippen molar-refractivity contribution in [1.82, 2.24) is 9.97 Å². The highest BCUT2D eigenvalue weighted by atomic mass is 16.4. The van der Waals surface area contributed by atoms with Crippen molar-refractivity contribution in [3.8, 4) is 0 Å². The van der Waals surface area contributed by atoms with Crippen LogP contribution in [-0.2, 0) is 4.79 Å². The molecule has 0 radical (unpaired) electrons. The molecule has 0 saturated carbocycles. The molecule has 2 heterocycles. The van der Waals surface area contributed by atoms with Crippen LogP contribution < -0.4 is 4.90 Å². The number of rotatable bonds is 3. The van der Waals surface area contributed by atoms with Gasteiger partial charge in [0, 0.05) is 19.3 Å². The summed E-state index contributed by atoms with van der Waals surface area (Å²) in [7, 11) is 0. The van der Waals surface area contributed by atoms with Gasteiger partial charge in [0.2, 0.25) is 0 Å². The van der Waals surface area contributed by atoms with Crippen molar-refractivity contribution in [3.63, 3.8) is 0 Å². The number of aryl methyl sites for hydroxylation is 1. The molecule has 5 heteroatoms. The van der Waals surface area contributed by atoms with Crippen LogP contribution in [-0.4, -0.2) is 34.1 Å². The van der Waals surface area contributed by atoms with Gasteiger partial charge in [-0.2, -0.15) is 0 Å². The number of carboxylic acid groups (broad SMARTS) is 1. The molecule has 1 fully saturated rings. The van der Waals surface area contributed by atoms with Crippen LogP contribution in [0.3, 0.4) is 0 Å². The Balaban J connectivity index is 2.16. The summed E-state index contributed by atoms with van der Waals surface area (Å²) in [6.07, 6.45) is 3.72. The van der Waals surface area contributed by atoms with E-state index in [1.54, 1.807) is 6.20 Å². The number of aromatic nitrogens is 2. The second-order valence-corrected chi connectivity index (χ2v) is 5.77. The van der Waals surface area contributed by atoms with E-state index in [-0.39, 0.29) is 5.92 Å². The Morgan fingerprint density at radius 3 is 2.89 bits per heavy atom. The minimum absolute atomic E-state index is 0.147. The average Bonchev–Trinajstić information content (AvgIpc) is 2.38. The van der Waals surface area contributed by atoms with Gasteiger partial charge in [0.25, 0.3) is 0 Å². The van der Waals surface area contributed by atoms with Crippen LogP contribution in [0.25, 0.3) is 0 Å². The molecular weight excluding hydrogens is 242 g/mol. The lowest BCUT2D eigenvalue weighted by Gasteiger charge is -2.39. The fourth-order valence-corrected chi connectivity index (χ4v) is 2.57. The van der Waals surface area contributed by atoms with E-state index in [0.717, 1.165) is 37.6 Å². The van der Waals surface area contributed by atoms with Crippen LogP contribution in [0.2, 0.25) is 0 Å². The zero-order valence-corrected chi connectivity index (χ0v) is 11.8. The number of nitrogens with zero attached hydrogens (tertiary/aromatic N) is 3. The molecule has 0 aliphatic carbocycles. The average molecular weight is 263 g/mol. The lowest BCUT2D eigenvalue weighted by molar-refractivity contribution is -0.150.